The highest BCUT2D eigenvalue weighted by Crippen LogP contribution is 2.30. The normalized spacial score (nSPS) is 10.7. The molecule has 0 spiro atoms. The molecule has 1 N–H and O–H groups in total. The maximum atomic E-state index is 12.3. The molecule has 0 aliphatic heterocycles. The molecule has 0 radical (unpaired) electrons. The third kappa shape index (κ3) is 3.85. The van der Waals surface area contributed by atoms with Gasteiger partial charge in [-0.3, -0.25) is 14.2 Å². The lowest BCUT2D eigenvalue weighted by atomic mass is 10.2. The summed E-state index contributed by atoms with van der Waals surface area (Å²) in [5, 5.41) is 5.09. The summed E-state index contributed by atoms with van der Waals surface area (Å²) >= 11 is 1.39. The minimum Gasteiger partial charge on any atom is -0.490 e. The Hall–Kier alpha value is -2.87. The Kier molecular flexibility index (Phi) is 5.52. The summed E-state index contributed by atoms with van der Waals surface area (Å²) < 4.78 is 12.3. The summed E-state index contributed by atoms with van der Waals surface area (Å²) in [7, 11) is 0. The van der Waals surface area contributed by atoms with Crippen molar-refractivity contribution < 1.29 is 14.3 Å². The van der Waals surface area contributed by atoms with E-state index in [2.05, 4.69) is 10.3 Å². The van der Waals surface area contributed by atoms with Crippen molar-refractivity contribution in [3.63, 3.8) is 0 Å². The number of nitrogens with one attached hydrogen (secondary N) is 1. The number of fused-ring (bicyclic) bond motifs is 1. The lowest BCUT2D eigenvalue weighted by Crippen LogP contribution is -2.27. The molecule has 0 bridgehead atoms. The van der Waals surface area contributed by atoms with Crippen LogP contribution in [0.1, 0.15) is 13.8 Å². The van der Waals surface area contributed by atoms with Gasteiger partial charge >= 0.3 is 0 Å². The standard InChI is InChI=1S/C18H19N3O4S/c1-3-24-14-6-5-12(9-15(14)25-4-2)20-16(22)10-21-11-19-17-13(18(21)23)7-8-26-17/h5-9,11H,3-4,10H2,1-2H3,(H,20,22). The first-order valence-corrected chi connectivity index (χ1v) is 9.12. The summed E-state index contributed by atoms with van der Waals surface area (Å²) in [6.45, 7) is 4.66. The third-order valence-corrected chi connectivity index (χ3v) is 4.41. The van der Waals surface area contributed by atoms with Crippen LogP contribution in [0.3, 0.4) is 0 Å². The molecule has 7 nitrogen and oxygen atoms in total. The van der Waals surface area contributed by atoms with Crippen LogP contribution in [0.25, 0.3) is 10.2 Å². The number of anilines is 1. The van der Waals surface area contributed by atoms with E-state index in [1.54, 1.807) is 29.6 Å². The first-order chi connectivity index (χ1) is 12.6. The van der Waals surface area contributed by atoms with E-state index in [-0.39, 0.29) is 18.0 Å². The number of amides is 1. The minimum absolute atomic E-state index is 0.116. The molecule has 1 aromatic carbocycles. The fourth-order valence-electron chi connectivity index (χ4n) is 2.49. The molecule has 8 heteroatoms. The van der Waals surface area contributed by atoms with Gasteiger partial charge in [0.05, 0.1) is 24.9 Å². The van der Waals surface area contributed by atoms with Crippen LogP contribution < -0.4 is 20.3 Å². The number of ether oxygens (including phenoxy) is 2. The monoisotopic (exact) mass is 373 g/mol. The van der Waals surface area contributed by atoms with Crippen molar-refractivity contribution in [3.05, 3.63) is 46.3 Å². The van der Waals surface area contributed by atoms with E-state index in [4.69, 9.17) is 9.47 Å². The van der Waals surface area contributed by atoms with Gasteiger partial charge in [0.15, 0.2) is 11.5 Å². The fourth-order valence-corrected chi connectivity index (χ4v) is 3.21. The van der Waals surface area contributed by atoms with Gasteiger partial charge in [-0.25, -0.2) is 4.98 Å². The van der Waals surface area contributed by atoms with E-state index >= 15 is 0 Å². The largest absolute Gasteiger partial charge is 0.490 e. The quantitative estimate of drug-likeness (QED) is 0.689. The Balaban J connectivity index is 1.75. The van der Waals surface area contributed by atoms with Gasteiger partial charge in [-0.1, -0.05) is 0 Å². The van der Waals surface area contributed by atoms with Crippen LogP contribution in [0.4, 0.5) is 5.69 Å². The van der Waals surface area contributed by atoms with Gasteiger partial charge in [0.25, 0.3) is 5.56 Å². The molecule has 0 saturated carbocycles. The predicted molar refractivity (Wildman–Crippen MR) is 101 cm³/mol. The van der Waals surface area contributed by atoms with Gasteiger partial charge in [0.2, 0.25) is 5.91 Å². The van der Waals surface area contributed by atoms with Gasteiger partial charge in [0.1, 0.15) is 11.4 Å². The van der Waals surface area contributed by atoms with Crippen LogP contribution >= 0.6 is 11.3 Å². The highest BCUT2D eigenvalue weighted by Gasteiger charge is 2.11. The van der Waals surface area contributed by atoms with Crippen LogP contribution in [-0.4, -0.2) is 28.7 Å². The number of hydrogen-bond acceptors (Lipinski definition) is 6. The van der Waals surface area contributed by atoms with Crippen molar-refractivity contribution in [2.24, 2.45) is 0 Å². The molecule has 0 saturated heterocycles. The summed E-state index contributed by atoms with van der Waals surface area (Å²) in [4.78, 5) is 29.5. The van der Waals surface area contributed by atoms with Gasteiger partial charge in [-0.2, -0.15) is 0 Å². The molecule has 3 rings (SSSR count). The molecule has 0 atom stereocenters. The maximum absolute atomic E-state index is 12.3. The molecule has 0 aliphatic rings. The van der Waals surface area contributed by atoms with Gasteiger partial charge in [-0.15, -0.1) is 11.3 Å². The molecule has 2 aromatic heterocycles. The smallest absolute Gasteiger partial charge is 0.262 e. The number of nitrogens with zero attached hydrogens (tertiary/aromatic N) is 2. The Morgan fingerprint density at radius 1 is 1.19 bits per heavy atom. The van der Waals surface area contributed by atoms with Crippen molar-refractivity contribution in [3.8, 4) is 11.5 Å². The van der Waals surface area contributed by atoms with Crippen LogP contribution in [0.2, 0.25) is 0 Å². The van der Waals surface area contributed by atoms with Crippen molar-refractivity contribution in [2.45, 2.75) is 20.4 Å². The number of hydrogen-bond donors (Lipinski definition) is 1. The Morgan fingerprint density at radius 3 is 2.73 bits per heavy atom. The van der Waals surface area contributed by atoms with Gasteiger partial charge in [0, 0.05) is 11.8 Å². The predicted octanol–water partition coefficient (Wildman–Crippen LogP) is 2.89. The van der Waals surface area contributed by atoms with Crippen molar-refractivity contribution in [1.29, 1.82) is 0 Å². The summed E-state index contributed by atoms with van der Waals surface area (Å²) in [6, 6.07) is 6.89. The zero-order valence-corrected chi connectivity index (χ0v) is 15.3. The highest BCUT2D eigenvalue weighted by atomic mass is 32.1. The van der Waals surface area contributed by atoms with Gasteiger partial charge in [-0.05, 0) is 37.4 Å². The molecule has 2 heterocycles. The van der Waals surface area contributed by atoms with E-state index in [0.29, 0.717) is 40.6 Å². The lowest BCUT2D eigenvalue weighted by molar-refractivity contribution is -0.116. The SMILES string of the molecule is CCOc1ccc(NC(=O)Cn2cnc3sccc3c2=O)cc1OCC. The van der Waals surface area contributed by atoms with Crippen LogP contribution in [0, 0.1) is 0 Å². The van der Waals surface area contributed by atoms with Crippen molar-refractivity contribution >= 4 is 33.1 Å². The minimum atomic E-state index is -0.324. The molecular formula is C18H19N3O4S. The van der Waals surface area contributed by atoms with E-state index in [9.17, 15) is 9.59 Å². The Labute approximate surface area is 154 Å². The van der Waals surface area contributed by atoms with E-state index in [0.717, 1.165) is 0 Å². The number of carbonyl (C=O) groups excluding carboxylic acids is 1. The fraction of sp³-hybridized carbons (Fsp3) is 0.278. The van der Waals surface area contributed by atoms with Crippen LogP contribution in [0.15, 0.2) is 40.8 Å². The van der Waals surface area contributed by atoms with Crippen molar-refractivity contribution in [1.82, 2.24) is 9.55 Å². The number of aromatic nitrogens is 2. The zero-order valence-electron chi connectivity index (χ0n) is 14.5. The van der Waals surface area contributed by atoms with Gasteiger partial charge < -0.3 is 14.8 Å². The molecule has 3 aromatic rings. The van der Waals surface area contributed by atoms with Crippen LogP contribution in [0.5, 0.6) is 11.5 Å². The lowest BCUT2D eigenvalue weighted by Gasteiger charge is -2.13. The Bertz CT molecular complexity index is 980. The first kappa shape index (κ1) is 17.9. The van der Waals surface area contributed by atoms with Crippen molar-refractivity contribution in [2.75, 3.05) is 18.5 Å². The molecule has 0 aliphatic carbocycles. The Morgan fingerprint density at radius 2 is 1.96 bits per heavy atom. The molecule has 0 fully saturated rings. The molecule has 0 unspecified atom stereocenters. The first-order valence-electron chi connectivity index (χ1n) is 8.24. The molecule has 1 amide bonds. The second-order valence-electron chi connectivity index (χ2n) is 5.39. The van der Waals surface area contributed by atoms with Crippen LogP contribution in [-0.2, 0) is 11.3 Å². The molecular weight excluding hydrogens is 354 g/mol. The molecule has 26 heavy (non-hydrogen) atoms. The number of thiophene rings is 1. The third-order valence-electron chi connectivity index (χ3n) is 3.59. The average molecular weight is 373 g/mol. The number of carbonyl (C=O) groups is 1. The summed E-state index contributed by atoms with van der Waals surface area (Å²) in [6.07, 6.45) is 1.39. The maximum Gasteiger partial charge on any atom is 0.262 e. The van der Waals surface area contributed by atoms with E-state index in [1.807, 2.05) is 13.8 Å². The second-order valence-corrected chi connectivity index (χ2v) is 6.29. The highest BCUT2D eigenvalue weighted by molar-refractivity contribution is 7.16. The van der Waals surface area contributed by atoms with E-state index < -0.39 is 0 Å². The summed E-state index contributed by atoms with van der Waals surface area (Å²) in [5.74, 6) is 0.858. The topological polar surface area (TPSA) is 82.5 Å². The van der Waals surface area contributed by atoms with E-state index in [1.165, 1.54) is 22.2 Å². The average Bonchev–Trinajstić information content (AvgIpc) is 3.09. The molecule has 136 valence electrons. The summed E-state index contributed by atoms with van der Waals surface area (Å²) in [5.41, 5.74) is 0.340. The zero-order chi connectivity index (χ0) is 18.5. The number of rotatable bonds is 7. The number of benzene rings is 1. The second kappa shape index (κ2) is 8.01.